The largest absolute Gasteiger partial charge is 0.444 e. The molecule has 20 heavy (non-hydrogen) atoms. The maximum absolute atomic E-state index is 12.2. The van der Waals surface area contributed by atoms with Crippen molar-refractivity contribution < 1.29 is 14.6 Å². The van der Waals surface area contributed by atoms with Gasteiger partial charge in [0.15, 0.2) is 0 Å². The molecule has 0 aromatic rings. The standard InChI is InChI=1S/C15H28N2O3/c1-14(2,3)20-13(18)17-9-4-6-12(17)10-15(19)7-5-8-16-11-15/h12,16,19H,4-11H2,1-3H3. The summed E-state index contributed by atoms with van der Waals surface area (Å²) in [5, 5.41) is 13.9. The monoisotopic (exact) mass is 284 g/mol. The van der Waals surface area contributed by atoms with E-state index in [2.05, 4.69) is 5.32 Å². The van der Waals surface area contributed by atoms with E-state index in [9.17, 15) is 9.90 Å². The number of likely N-dealkylation sites (tertiary alicyclic amines) is 1. The molecular formula is C15H28N2O3. The van der Waals surface area contributed by atoms with Crippen molar-refractivity contribution in [1.29, 1.82) is 0 Å². The van der Waals surface area contributed by atoms with E-state index in [1.807, 2.05) is 20.8 Å². The van der Waals surface area contributed by atoms with E-state index in [1.165, 1.54) is 0 Å². The van der Waals surface area contributed by atoms with Crippen LogP contribution in [-0.4, -0.2) is 53.0 Å². The number of carbonyl (C=O) groups excluding carboxylic acids is 1. The molecule has 2 heterocycles. The molecule has 2 N–H and O–H groups in total. The summed E-state index contributed by atoms with van der Waals surface area (Å²) in [4.78, 5) is 14.0. The van der Waals surface area contributed by atoms with Gasteiger partial charge in [-0.3, -0.25) is 0 Å². The Bertz CT molecular complexity index is 346. The van der Waals surface area contributed by atoms with Crippen LogP contribution in [-0.2, 0) is 4.74 Å². The summed E-state index contributed by atoms with van der Waals surface area (Å²) < 4.78 is 5.46. The lowest BCUT2D eigenvalue weighted by molar-refractivity contribution is -0.0186. The van der Waals surface area contributed by atoms with Crippen molar-refractivity contribution in [3.63, 3.8) is 0 Å². The lowest BCUT2D eigenvalue weighted by Gasteiger charge is -2.37. The third-order valence-electron chi connectivity index (χ3n) is 4.07. The number of carbonyl (C=O) groups is 1. The average molecular weight is 284 g/mol. The van der Waals surface area contributed by atoms with Crippen LogP contribution in [0.15, 0.2) is 0 Å². The van der Waals surface area contributed by atoms with Crippen molar-refractivity contribution in [3.8, 4) is 0 Å². The summed E-state index contributed by atoms with van der Waals surface area (Å²) >= 11 is 0. The minimum absolute atomic E-state index is 0.106. The summed E-state index contributed by atoms with van der Waals surface area (Å²) in [7, 11) is 0. The summed E-state index contributed by atoms with van der Waals surface area (Å²) in [6.45, 7) is 8.00. The summed E-state index contributed by atoms with van der Waals surface area (Å²) in [6.07, 6.45) is 4.18. The highest BCUT2D eigenvalue weighted by atomic mass is 16.6. The molecule has 5 heteroatoms. The van der Waals surface area contributed by atoms with Gasteiger partial charge in [0.2, 0.25) is 0 Å². The van der Waals surface area contributed by atoms with Crippen LogP contribution in [0.4, 0.5) is 4.79 Å². The van der Waals surface area contributed by atoms with E-state index in [0.717, 1.165) is 38.8 Å². The van der Waals surface area contributed by atoms with Gasteiger partial charge in [-0.2, -0.15) is 0 Å². The molecule has 1 amide bonds. The molecule has 0 spiro atoms. The Morgan fingerprint density at radius 1 is 1.45 bits per heavy atom. The molecule has 0 radical (unpaired) electrons. The van der Waals surface area contributed by atoms with Crippen LogP contribution < -0.4 is 5.32 Å². The van der Waals surface area contributed by atoms with Crippen molar-refractivity contribution in [3.05, 3.63) is 0 Å². The first-order valence-electron chi connectivity index (χ1n) is 7.72. The SMILES string of the molecule is CC(C)(C)OC(=O)N1CCCC1CC1(O)CCCNC1. The van der Waals surface area contributed by atoms with Crippen LogP contribution in [0.5, 0.6) is 0 Å². The zero-order valence-electron chi connectivity index (χ0n) is 12.9. The lowest BCUT2D eigenvalue weighted by atomic mass is 9.87. The molecule has 2 rings (SSSR count). The zero-order chi connectivity index (χ0) is 14.8. The van der Waals surface area contributed by atoms with E-state index >= 15 is 0 Å². The number of nitrogens with zero attached hydrogens (tertiary/aromatic N) is 1. The minimum atomic E-state index is -0.673. The molecule has 2 fully saturated rings. The molecule has 2 atom stereocenters. The van der Waals surface area contributed by atoms with Gasteiger partial charge >= 0.3 is 6.09 Å². The van der Waals surface area contributed by atoms with Crippen LogP contribution >= 0.6 is 0 Å². The number of nitrogens with one attached hydrogen (secondary N) is 1. The van der Waals surface area contributed by atoms with Crippen molar-refractivity contribution in [2.75, 3.05) is 19.6 Å². The van der Waals surface area contributed by atoms with Gasteiger partial charge < -0.3 is 20.1 Å². The highest BCUT2D eigenvalue weighted by Gasteiger charge is 2.39. The first kappa shape index (κ1) is 15.6. The highest BCUT2D eigenvalue weighted by Crippen LogP contribution is 2.30. The number of aliphatic hydroxyl groups is 1. The normalized spacial score (nSPS) is 31.4. The van der Waals surface area contributed by atoms with Crippen molar-refractivity contribution >= 4 is 6.09 Å². The van der Waals surface area contributed by atoms with E-state index in [0.29, 0.717) is 13.0 Å². The number of hydrogen-bond acceptors (Lipinski definition) is 4. The Morgan fingerprint density at radius 3 is 2.80 bits per heavy atom. The maximum atomic E-state index is 12.2. The van der Waals surface area contributed by atoms with Gasteiger partial charge in [-0.1, -0.05) is 0 Å². The van der Waals surface area contributed by atoms with Crippen LogP contribution in [0.3, 0.4) is 0 Å². The fourth-order valence-corrected chi connectivity index (χ4v) is 3.17. The summed E-state index contributed by atoms with van der Waals surface area (Å²) in [5.74, 6) is 0. The predicted octanol–water partition coefficient (Wildman–Crippen LogP) is 1.89. The second-order valence-corrected chi connectivity index (χ2v) is 7.18. The topological polar surface area (TPSA) is 61.8 Å². The second-order valence-electron chi connectivity index (χ2n) is 7.18. The van der Waals surface area contributed by atoms with Crippen molar-refractivity contribution in [2.24, 2.45) is 0 Å². The molecule has 2 aliphatic rings. The van der Waals surface area contributed by atoms with Crippen LogP contribution in [0.25, 0.3) is 0 Å². The van der Waals surface area contributed by atoms with Gasteiger partial charge in [-0.15, -0.1) is 0 Å². The average Bonchev–Trinajstić information content (AvgIpc) is 2.75. The molecule has 2 aliphatic heterocycles. The van der Waals surface area contributed by atoms with Crippen molar-refractivity contribution in [2.45, 2.75) is 70.1 Å². The van der Waals surface area contributed by atoms with Gasteiger partial charge in [-0.25, -0.2) is 4.79 Å². The Morgan fingerprint density at radius 2 is 2.20 bits per heavy atom. The van der Waals surface area contributed by atoms with Gasteiger partial charge in [0.1, 0.15) is 5.60 Å². The number of rotatable bonds is 2. The Labute approximate surface area is 121 Å². The number of hydrogen-bond donors (Lipinski definition) is 2. The van der Waals surface area contributed by atoms with Crippen LogP contribution in [0.2, 0.25) is 0 Å². The van der Waals surface area contributed by atoms with E-state index in [4.69, 9.17) is 4.74 Å². The molecular weight excluding hydrogens is 256 g/mol. The Balaban J connectivity index is 1.95. The molecule has 2 unspecified atom stereocenters. The van der Waals surface area contributed by atoms with Gasteiger partial charge in [0.05, 0.1) is 5.60 Å². The molecule has 116 valence electrons. The van der Waals surface area contributed by atoms with E-state index < -0.39 is 11.2 Å². The Kier molecular flexibility index (Phi) is 4.59. The molecule has 0 aromatic carbocycles. The number of amides is 1. The molecule has 5 nitrogen and oxygen atoms in total. The fourth-order valence-electron chi connectivity index (χ4n) is 3.17. The highest BCUT2D eigenvalue weighted by molar-refractivity contribution is 5.69. The van der Waals surface area contributed by atoms with E-state index in [1.54, 1.807) is 4.90 Å². The predicted molar refractivity (Wildman–Crippen MR) is 77.6 cm³/mol. The molecule has 0 aliphatic carbocycles. The molecule has 0 bridgehead atoms. The third-order valence-corrected chi connectivity index (χ3v) is 4.07. The minimum Gasteiger partial charge on any atom is -0.444 e. The van der Waals surface area contributed by atoms with Gasteiger partial charge in [0, 0.05) is 19.1 Å². The fraction of sp³-hybridized carbons (Fsp3) is 0.933. The second kappa shape index (κ2) is 5.90. The zero-order valence-corrected chi connectivity index (χ0v) is 12.9. The van der Waals surface area contributed by atoms with Gasteiger partial charge in [0.25, 0.3) is 0 Å². The quantitative estimate of drug-likeness (QED) is 0.813. The van der Waals surface area contributed by atoms with Gasteiger partial charge in [-0.05, 0) is 59.4 Å². The summed E-state index contributed by atoms with van der Waals surface area (Å²) in [6, 6.07) is 0.106. The molecule has 0 aromatic heterocycles. The first-order chi connectivity index (χ1) is 9.29. The summed E-state index contributed by atoms with van der Waals surface area (Å²) in [5.41, 5.74) is -1.14. The molecule has 0 saturated carbocycles. The molecule has 2 saturated heterocycles. The first-order valence-corrected chi connectivity index (χ1v) is 7.72. The van der Waals surface area contributed by atoms with Crippen LogP contribution in [0, 0.1) is 0 Å². The Hall–Kier alpha value is -0.810. The third kappa shape index (κ3) is 4.09. The smallest absolute Gasteiger partial charge is 0.410 e. The van der Waals surface area contributed by atoms with E-state index in [-0.39, 0.29) is 12.1 Å². The van der Waals surface area contributed by atoms with Crippen LogP contribution in [0.1, 0.15) is 52.9 Å². The lowest BCUT2D eigenvalue weighted by Crippen LogP contribution is -2.50. The number of piperidine rings is 1. The maximum Gasteiger partial charge on any atom is 0.410 e. The van der Waals surface area contributed by atoms with Crippen molar-refractivity contribution in [1.82, 2.24) is 10.2 Å². The number of β-amino-alcohol motifs (C(OH)–C–C–N with tert-alkyl or cyclic N) is 1. The number of ether oxygens (including phenoxy) is 1.